The Morgan fingerprint density at radius 2 is 2.04 bits per heavy atom. The Morgan fingerprint density at radius 3 is 3.00 bits per heavy atom. The first-order chi connectivity index (χ1) is 13.3. The zero-order valence-corrected chi connectivity index (χ0v) is 16.0. The fraction of sp³-hybridized carbons (Fsp3) is 0.478. The highest BCUT2D eigenvalue weighted by Gasteiger charge is 2.28. The molecule has 142 valence electrons. The van der Waals surface area contributed by atoms with Crippen LogP contribution >= 0.6 is 0 Å². The molecule has 0 spiro atoms. The van der Waals surface area contributed by atoms with E-state index in [2.05, 4.69) is 42.3 Å². The average molecular weight is 365 g/mol. The zero-order chi connectivity index (χ0) is 18.2. The van der Waals surface area contributed by atoms with Crippen LogP contribution in [-0.2, 0) is 30.8 Å². The Labute approximate surface area is 161 Å². The molecule has 3 aliphatic rings. The van der Waals surface area contributed by atoms with Gasteiger partial charge in [0.25, 0.3) is 0 Å². The molecule has 0 saturated heterocycles. The van der Waals surface area contributed by atoms with Gasteiger partial charge in [-0.15, -0.1) is 0 Å². The van der Waals surface area contributed by atoms with Gasteiger partial charge in [-0.3, -0.25) is 0 Å². The number of rotatable bonds is 5. The minimum atomic E-state index is 0.580. The summed E-state index contributed by atoms with van der Waals surface area (Å²) in [6.07, 6.45) is 5.71. The topological polar surface area (TPSA) is 30.9 Å². The molecule has 1 aliphatic carbocycles. The number of benzene rings is 2. The van der Waals surface area contributed by atoms with Crippen LogP contribution in [0.2, 0.25) is 0 Å². The van der Waals surface area contributed by atoms with Crippen LogP contribution in [0.15, 0.2) is 30.3 Å². The zero-order valence-electron chi connectivity index (χ0n) is 16.0. The van der Waals surface area contributed by atoms with Gasteiger partial charge in [0.2, 0.25) is 0 Å². The molecule has 0 amide bonds. The SMILES string of the molecule is CN(CCc1ccc2c(c1)OCC2)C[C@@H]1CCCc2c1ccc1c2OOC1. The lowest BCUT2D eigenvalue weighted by atomic mass is 9.81. The number of nitrogens with zero attached hydrogens (tertiary/aromatic N) is 1. The van der Waals surface area contributed by atoms with Crippen molar-refractivity contribution in [1.82, 2.24) is 4.90 Å². The third kappa shape index (κ3) is 3.32. The number of hydrogen-bond acceptors (Lipinski definition) is 4. The summed E-state index contributed by atoms with van der Waals surface area (Å²) in [6.45, 7) is 3.57. The summed E-state index contributed by atoms with van der Waals surface area (Å²) < 4.78 is 5.71. The molecular weight excluding hydrogens is 338 g/mol. The summed E-state index contributed by atoms with van der Waals surface area (Å²) in [5.41, 5.74) is 6.76. The molecular formula is C23H27NO3. The van der Waals surface area contributed by atoms with Crippen LogP contribution < -0.4 is 9.62 Å². The van der Waals surface area contributed by atoms with Crippen molar-refractivity contribution in [2.45, 2.75) is 44.6 Å². The fourth-order valence-corrected chi connectivity index (χ4v) is 4.73. The second kappa shape index (κ2) is 7.17. The quantitative estimate of drug-likeness (QED) is 0.749. The first-order valence-corrected chi connectivity index (χ1v) is 10.2. The maximum absolute atomic E-state index is 5.71. The molecule has 4 heteroatoms. The summed E-state index contributed by atoms with van der Waals surface area (Å²) >= 11 is 0. The average Bonchev–Trinajstić information content (AvgIpc) is 3.35. The van der Waals surface area contributed by atoms with E-state index < -0.39 is 0 Å². The molecule has 0 bridgehead atoms. The molecule has 0 radical (unpaired) electrons. The van der Waals surface area contributed by atoms with E-state index in [9.17, 15) is 0 Å². The molecule has 1 atom stereocenters. The van der Waals surface area contributed by atoms with Crippen molar-refractivity contribution in [3.05, 3.63) is 58.1 Å². The van der Waals surface area contributed by atoms with E-state index in [1.54, 1.807) is 0 Å². The normalized spacial score (nSPS) is 20.0. The number of hydrogen-bond donors (Lipinski definition) is 0. The van der Waals surface area contributed by atoms with E-state index in [0.717, 1.165) is 50.5 Å². The predicted molar refractivity (Wildman–Crippen MR) is 104 cm³/mol. The van der Waals surface area contributed by atoms with Crippen LogP contribution in [0.25, 0.3) is 0 Å². The van der Waals surface area contributed by atoms with E-state index >= 15 is 0 Å². The highest BCUT2D eigenvalue weighted by atomic mass is 17.2. The van der Waals surface area contributed by atoms with Crippen LogP contribution in [0.1, 0.15) is 46.6 Å². The summed E-state index contributed by atoms with van der Waals surface area (Å²) in [6, 6.07) is 11.2. The fourth-order valence-electron chi connectivity index (χ4n) is 4.73. The van der Waals surface area contributed by atoms with Crippen LogP contribution in [0.5, 0.6) is 11.5 Å². The third-order valence-corrected chi connectivity index (χ3v) is 6.23. The second-order valence-electron chi connectivity index (χ2n) is 8.11. The molecule has 2 heterocycles. The molecule has 0 unspecified atom stereocenters. The second-order valence-corrected chi connectivity index (χ2v) is 8.11. The highest BCUT2D eigenvalue weighted by molar-refractivity contribution is 5.49. The monoisotopic (exact) mass is 365 g/mol. The Balaban J connectivity index is 1.24. The van der Waals surface area contributed by atoms with Crippen molar-refractivity contribution in [2.75, 3.05) is 26.7 Å². The maximum Gasteiger partial charge on any atom is 0.174 e. The molecule has 2 aliphatic heterocycles. The Morgan fingerprint density at radius 1 is 1.11 bits per heavy atom. The van der Waals surface area contributed by atoms with Gasteiger partial charge in [-0.2, -0.15) is 4.89 Å². The minimum absolute atomic E-state index is 0.580. The molecule has 2 aromatic carbocycles. The first kappa shape index (κ1) is 17.1. The van der Waals surface area contributed by atoms with Crippen LogP contribution in [0, 0.1) is 0 Å². The summed E-state index contributed by atoms with van der Waals surface area (Å²) in [5.74, 6) is 2.67. The van der Waals surface area contributed by atoms with Crippen molar-refractivity contribution in [3.63, 3.8) is 0 Å². The largest absolute Gasteiger partial charge is 0.493 e. The lowest BCUT2D eigenvalue weighted by Crippen LogP contribution is -2.28. The smallest absolute Gasteiger partial charge is 0.174 e. The van der Waals surface area contributed by atoms with Crippen LogP contribution in [-0.4, -0.2) is 31.6 Å². The van der Waals surface area contributed by atoms with E-state index in [0.29, 0.717) is 12.5 Å². The van der Waals surface area contributed by atoms with Gasteiger partial charge in [0.15, 0.2) is 5.75 Å². The van der Waals surface area contributed by atoms with E-state index in [1.165, 1.54) is 40.7 Å². The van der Waals surface area contributed by atoms with Crippen molar-refractivity contribution >= 4 is 0 Å². The van der Waals surface area contributed by atoms with Gasteiger partial charge in [-0.05, 0) is 61.4 Å². The molecule has 2 aromatic rings. The summed E-state index contributed by atoms with van der Waals surface area (Å²) in [4.78, 5) is 13.1. The van der Waals surface area contributed by atoms with Gasteiger partial charge in [0, 0.05) is 30.6 Å². The third-order valence-electron chi connectivity index (χ3n) is 6.23. The van der Waals surface area contributed by atoms with Gasteiger partial charge in [-0.25, -0.2) is 0 Å². The van der Waals surface area contributed by atoms with Crippen LogP contribution in [0.4, 0.5) is 0 Å². The van der Waals surface area contributed by atoms with Crippen LogP contribution in [0.3, 0.4) is 0 Å². The van der Waals surface area contributed by atoms with Crippen molar-refractivity contribution in [3.8, 4) is 11.5 Å². The number of ether oxygens (including phenoxy) is 1. The van der Waals surface area contributed by atoms with Gasteiger partial charge in [0.05, 0.1) is 6.61 Å². The molecule has 0 fully saturated rings. The number of likely N-dealkylation sites (N-methyl/N-ethyl adjacent to an activating group) is 1. The molecule has 0 saturated carbocycles. The molecule has 5 rings (SSSR count). The molecule has 27 heavy (non-hydrogen) atoms. The van der Waals surface area contributed by atoms with E-state index in [-0.39, 0.29) is 0 Å². The van der Waals surface area contributed by atoms with Crippen molar-refractivity contribution in [2.24, 2.45) is 0 Å². The minimum Gasteiger partial charge on any atom is -0.493 e. The van der Waals surface area contributed by atoms with Crippen molar-refractivity contribution in [1.29, 1.82) is 0 Å². The first-order valence-electron chi connectivity index (χ1n) is 10.2. The van der Waals surface area contributed by atoms with Crippen molar-refractivity contribution < 1.29 is 14.5 Å². The molecule has 4 nitrogen and oxygen atoms in total. The Hall–Kier alpha value is -2.04. The Kier molecular flexibility index (Phi) is 4.54. The standard InChI is InChI=1S/C23H27NO3/c1-24(11-9-16-5-6-17-10-12-25-22(17)13-16)14-18-3-2-4-21-20(18)8-7-19-15-26-27-23(19)21/h5-8,13,18H,2-4,9-12,14-15H2,1H3/t18-/m0/s1. The molecule has 0 aromatic heterocycles. The summed E-state index contributed by atoms with van der Waals surface area (Å²) in [7, 11) is 2.24. The van der Waals surface area contributed by atoms with Gasteiger partial charge >= 0.3 is 0 Å². The van der Waals surface area contributed by atoms with E-state index in [4.69, 9.17) is 14.5 Å². The lowest BCUT2D eigenvalue weighted by molar-refractivity contribution is -0.195. The highest BCUT2D eigenvalue weighted by Crippen LogP contribution is 2.41. The van der Waals surface area contributed by atoms with Gasteiger partial charge in [0.1, 0.15) is 12.4 Å². The number of fused-ring (bicyclic) bond motifs is 4. The Bertz CT molecular complexity index is 848. The maximum atomic E-state index is 5.71. The van der Waals surface area contributed by atoms with E-state index in [1.807, 2.05) is 0 Å². The lowest BCUT2D eigenvalue weighted by Gasteiger charge is -2.30. The van der Waals surface area contributed by atoms with Gasteiger partial charge < -0.3 is 14.5 Å². The summed E-state index contributed by atoms with van der Waals surface area (Å²) in [5, 5.41) is 0. The predicted octanol–water partition coefficient (Wildman–Crippen LogP) is 4.04. The van der Waals surface area contributed by atoms with Gasteiger partial charge in [-0.1, -0.05) is 24.3 Å². The molecule has 0 N–H and O–H groups in total.